The number of aryl methyl sites for hydroxylation is 1. The van der Waals surface area contributed by atoms with Gasteiger partial charge in [0.2, 0.25) is 15.9 Å². The van der Waals surface area contributed by atoms with Crippen molar-refractivity contribution in [2.75, 3.05) is 42.1 Å². The monoisotopic (exact) mass is 496 g/mol. The maximum absolute atomic E-state index is 12.8. The highest BCUT2D eigenvalue weighted by molar-refractivity contribution is 9.10. The Labute approximate surface area is 187 Å². The Bertz CT molecular complexity index is 992. The summed E-state index contributed by atoms with van der Waals surface area (Å²) < 4.78 is 28.1. The lowest BCUT2D eigenvalue weighted by molar-refractivity contribution is -0.114. The molecule has 3 N–H and O–H groups in total. The smallest absolute Gasteiger partial charge is 0.243 e. The number of nitrogens with one attached hydrogen (secondary N) is 3. The van der Waals surface area contributed by atoms with Gasteiger partial charge in [0.25, 0.3) is 0 Å². The van der Waals surface area contributed by atoms with Gasteiger partial charge in [-0.05, 0) is 55.8 Å². The summed E-state index contributed by atoms with van der Waals surface area (Å²) >= 11 is 3.44. The molecular weight excluding hydrogens is 468 g/mol. The molecule has 2 rings (SSSR count). The fraction of sp³-hybridized carbons (Fsp3) is 0.381. The molecule has 2 aromatic carbocycles. The highest BCUT2D eigenvalue weighted by Crippen LogP contribution is 2.27. The number of amides is 1. The molecule has 2 aromatic rings. The minimum Gasteiger partial charge on any atom is -0.384 e. The molecule has 7 nitrogen and oxygen atoms in total. The van der Waals surface area contributed by atoms with Crippen LogP contribution in [0.1, 0.15) is 26.3 Å². The maximum atomic E-state index is 12.8. The Morgan fingerprint density at radius 2 is 1.70 bits per heavy atom. The highest BCUT2D eigenvalue weighted by atomic mass is 79.9. The second-order valence-electron chi connectivity index (χ2n) is 6.69. The Hall–Kier alpha value is -2.10. The first-order valence-electron chi connectivity index (χ1n) is 9.90. The van der Waals surface area contributed by atoms with E-state index in [2.05, 4.69) is 31.9 Å². The van der Waals surface area contributed by atoms with Crippen LogP contribution in [0.4, 0.5) is 17.1 Å². The Kier molecular flexibility index (Phi) is 8.69. The van der Waals surface area contributed by atoms with Gasteiger partial charge >= 0.3 is 0 Å². The quantitative estimate of drug-likeness (QED) is 0.456. The summed E-state index contributed by atoms with van der Waals surface area (Å²) in [6, 6.07) is 10.4. The summed E-state index contributed by atoms with van der Waals surface area (Å²) in [5.41, 5.74) is 3.02. The van der Waals surface area contributed by atoms with Crippen LogP contribution in [0, 0.1) is 6.92 Å². The summed E-state index contributed by atoms with van der Waals surface area (Å²) in [6.07, 6.45) is 0. The molecule has 0 aliphatic rings. The zero-order valence-electron chi connectivity index (χ0n) is 17.8. The van der Waals surface area contributed by atoms with Crippen molar-refractivity contribution in [1.29, 1.82) is 0 Å². The number of carbonyl (C=O) groups is 1. The number of anilines is 3. The van der Waals surface area contributed by atoms with Gasteiger partial charge in [0.15, 0.2) is 0 Å². The molecular formula is C21H29BrN4O3S. The van der Waals surface area contributed by atoms with Crippen molar-refractivity contribution in [3.63, 3.8) is 0 Å². The van der Waals surface area contributed by atoms with Crippen LogP contribution in [0.15, 0.2) is 45.8 Å². The molecule has 0 aliphatic carbocycles. The number of rotatable bonds is 10. The van der Waals surface area contributed by atoms with Gasteiger partial charge in [0.05, 0.1) is 22.8 Å². The van der Waals surface area contributed by atoms with Crippen LogP contribution in [0.25, 0.3) is 0 Å². The van der Waals surface area contributed by atoms with E-state index in [0.717, 1.165) is 15.7 Å². The molecule has 0 spiro atoms. The topological polar surface area (TPSA) is 90.5 Å². The molecule has 9 heteroatoms. The summed E-state index contributed by atoms with van der Waals surface area (Å²) in [7, 11) is -3.59. The number of carbonyl (C=O) groups excluding carboxylic acids is 1. The zero-order chi connectivity index (χ0) is 22.3. The van der Waals surface area contributed by atoms with E-state index in [1.165, 1.54) is 4.31 Å². The van der Waals surface area contributed by atoms with E-state index in [4.69, 9.17) is 0 Å². The van der Waals surface area contributed by atoms with Gasteiger partial charge in [0.1, 0.15) is 0 Å². The van der Waals surface area contributed by atoms with Crippen molar-refractivity contribution >= 4 is 48.9 Å². The molecule has 1 amide bonds. The third-order valence-electron chi connectivity index (χ3n) is 4.58. The average molecular weight is 497 g/mol. The average Bonchev–Trinajstić information content (AvgIpc) is 2.71. The minimum absolute atomic E-state index is 0.00226. The largest absolute Gasteiger partial charge is 0.384 e. The van der Waals surface area contributed by atoms with Crippen LogP contribution in [0.5, 0.6) is 0 Å². The van der Waals surface area contributed by atoms with Crippen LogP contribution in [0.3, 0.4) is 0 Å². The fourth-order valence-corrected chi connectivity index (χ4v) is 4.72. The molecule has 0 aliphatic heterocycles. The van der Waals surface area contributed by atoms with Crippen LogP contribution in [0.2, 0.25) is 0 Å². The van der Waals surface area contributed by atoms with E-state index < -0.39 is 10.0 Å². The van der Waals surface area contributed by atoms with E-state index in [1.807, 2.05) is 32.0 Å². The van der Waals surface area contributed by atoms with Crippen molar-refractivity contribution in [3.8, 4) is 0 Å². The minimum atomic E-state index is -3.59. The number of hydrogen-bond acceptors (Lipinski definition) is 5. The van der Waals surface area contributed by atoms with Crippen LogP contribution >= 0.6 is 15.9 Å². The van der Waals surface area contributed by atoms with Gasteiger partial charge in [0, 0.05) is 29.8 Å². The summed E-state index contributed by atoms with van der Waals surface area (Å²) in [6.45, 7) is 8.97. The van der Waals surface area contributed by atoms with Crippen molar-refractivity contribution in [1.82, 2.24) is 4.31 Å². The van der Waals surface area contributed by atoms with Gasteiger partial charge in [-0.3, -0.25) is 4.79 Å². The first-order chi connectivity index (χ1) is 14.2. The lowest BCUT2D eigenvalue weighted by Gasteiger charge is -2.20. The van der Waals surface area contributed by atoms with Crippen molar-refractivity contribution in [2.45, 2.75) is 32.6 Å². The molecule has 30 heavy (non-hydrogen) atoms. The van der Waals surface area contributed by atoms with E-state index in [1.54, 1.807) is 32.0 Å². The Morgan fingerprint density at radius 1 is 1.00 bits per heavy atom. The number of benzene rings is 2. The third-order valence-corrected chi connectivity index (χ3v) is 7.52. The molecule has 0 heterocycles. The lowest BCUT2D eigenvalue weighted by atomic mass is 10.2. The molecule has 0 atom stereocenters. The number of hydrogen-bond donors (Lipinski definition) is 3. The van der Waals surface area contributed by atoms with Crippen molar-refractivity contribution < 1.29 is 13.2 Å². The Morgan fingerprint density at radius 3 is 2.30 bits per heavy atom. The molecule has 0 saturated carbocycles. The standard InChI is InChI=1S/C21H29BrN4O3S/c1-5-23-19-11-9-17(30(28,29)26(6-2)7-3)13-20(19)24-14-21(27)25-16-8-10-18(22)15(4)12-16/h8-13,23-24H,5-7,14H2,1-4H3,(H,25,27). The van der Waals surface area contributed by atoms with Gasteiger partial charge in [-0.2, -0.15) is 4.31 Å². The van der Waals surface area contributed by atoms with Crippen LogP contribution in [-0.4, -0.2) is 44.8 Å². The SMILES string of the molecule is CCNc1ccc(S(=O)(=O)N(CC)CC)cc1NCC(=O)Nc1ccc(Br)c(C)c1. The molecule has 0 radical (unpaired) electrons. The van der Waals surface area contributed by atoms with Gasteiger partial charge < -0.3 is 16.0 Å². The van der Waals surface area contributed by atoms with Gasteiger partial charge in [-0.1, -0.05) is 29.8 Å². The van der Waals surface area contributed by atoms with Gasteiger partial charge in [-0.15, -0.1) is 0 Å². The second-order valence-corrected chi connectivity index (χ2v) is 9.49. The lowest BCUT2D eigenvalue weighted by Crippen LogP contribution is -2.30. The number of nitrogens with zero attached hydrogens (tertiary/aromatic N) is 1. The highest BCUT2D eigenvalue weighted by Gasteiger charge is 2.22. The molecule has 0 fully saturated rings. The van der Waals surface area contributed by atoms with Crippen LogP contribution in [-0.2, 0) is 14.8 Å². The summed E-state index contributed by atoms with van der Waals surface area (Å²) in [4.78, 5) is 12.6. The van der Waals surface area contributed by atoms with E-state index in [-0.39, 0.29) is 17.3 Å². The molecule has 0 saturated heterocycles. The molecule has 0 aromatic heterocycles. The third kappa shape index (κ3) is 5.96. The van der Waals surface area contributed by atoms with E-state index in [0.29, 0.717) is 31.0 Å². The predicted octanol–water partition coefficient (Wildman–Crippen LogP) is 4.27. The Balaban J connectivity index is 2.20. The van der Waals surface area contributed by atoms with Crippen molar-refractivity contribution in [3.05, 3.63) is 46.4 Å². The number of halogens is 1. The predicted molar refractivity (Wildman–Crippen MR) is 127 cm³/mol. The fourth-order valence-electron chi connectivity index (χ4n) is 2.99. The molecule has 0 bridgehead atoms. The zero-order valence-corrected chi connectivity index (χ0v) is 20.2. The second kappa shape index (κ2) is 10.8. The molecule has 0 unspecified atom stereocenters. The van der Waals surface area contributed by atoms with E-state index >= 15 is 0 Å². The molecule has 164 valence electrons. The normalized spacial score (nSPS) is 11.4. The number of sulfonamides is 1. The van der Waals surface area contributed by atoms with Crippen molar-refractivity contribution in [2.24, 2.45) is 0 Å². The van der Waals surface area contributed by atoms with Crippen LogP contribution < -0.4 is 16.0 Å². The first kappa shape index (κ1) is 24.2. The summed E-state index contributed by atoms with van der Waals surface area (Å²) in [5.74, 6) is -0.226. The summed E-state index contributed by atoms with van der Waals surface area (Å²) in [5, 5.41) is 9.10. The maximum Gasteiger partial charge on any atom is 0.243 e. The van der Waals surface area contributed by atoms with Gasteiger partial charge in [-0.25, -0.2) is 8.42 Å². The van der Waals surface area contributed by atoms with E-state index in [9.17, 15) is 13.2 Å². The first-order valence-corrected chi connectivity index (χ1v) is 12.1.